The van der Waals surface area contributed by atoms with Gasteiger partial charge < -0.3 is 5.32 Å². The summed E-state index contributed by atoms with van der Waals surface area (Å²) >= 11 is 5.96. The molecule has 1 aliphatic heterocycles. The first kappa shape index (κ1) is 24.1. The highest BCUT2D eigenvalue weighted by molar-refractivity contribution is 7.92. The molecule has 32 heavy (non-hydrogen) atoms. The molecule has 2 amide bonds. The Balaban J connectivity index is 2.05. The lowest BCUT2D eigenvalue weighted by Gasteiger charge is -2.19. The smallest absolute Gasteiger partial charge is 0.233 e. The quantitative estimate of drug-likeness (QED) is 0.519. The van der Waals surface area contributed by atoms with E-state index in [4.69, 9.17) is 16.4 Å². The van der Waals surface area contributed by atoms with Crippen molar-refractivity contribution in [1.82, 2.24) is 9.97 Å². The monoisotopic (exact) mass is 477 g/mol. The number of aromatic nitrogens is 2. The van der Waals surface area contributed by atoms with Crippen molar-refractivity contribution in [2.45, 2.75) is 58.2 Å². The van der Waals surface area contributed by atoms with Gasteiger partial charge in [0.05, 0.1) is 13.0 Å². The third-order valence-electron chi connectivity index (χ3n) is 5.30. The van der Waals surface area contributed by atoms with E-state index in [1.807, 2.05) is 32.9 Å². The third kappa shape index (κ3) is 5.27. The van der Waals surface area contributed by atoms with E-state index in [2.05, 4.69) is 15.3 Å². The summed E-state index contributed by atoms with van der Waals surface area (Å²) < 4.78 is 21.2. The number of fused-ring (bicyclic) bond motifs is 1. The largest absolute Gasteiger partial charge is 0.310 e. The van der Waals surface area contributed by atoms with Crippen LogP contribution in [-0.4, -0.2) is 31.7 Å². The second-order valence-corrected chi connectivity index (χ2v) is 10.6. The molecule has 1 aromatic heterocycles. The van der Waals surface area contributed by atoms with Gasteiger partial charge in [-0.1, -0.05) is 50.9 Å². The van der Waals surface area contributed by atoms with E-state index >= 15 is 0 Å². The van der Waals surface area contributed by atoms with Gasteiger partial charge in [-0.05, 0) is 30.5 Å². The molecule has 2 unspecified atom stereocenters. The summed E-state index contributed by atoms with van der Waals surface area (Å²) in [6.45, 7) is 5.89. The average Bonchev–Trinajstić information content (AvgIpc) is 3.05. The Bertz CT molecular complexity index is 1120. The predicted molar refractivity (Wildman–Crippen MR) is 125 cm³/mol. The first-order valence-corrected chi connectivity index (χ1v) is 12.8. The summed E-state index contributed by atoms with van der Waals surface area (Å²) in [7, 11) is -3.27. The molecule has 2 atom stereocenters. The molecular formula is C22H28ClN5O3S. The minimum atomic E-state index is -3.27. The van der Waals surface area contributed by atoms with Gasteiger partial charge in [-0.15, -0.1) is 0 Å². The molecule has 0 saturated heterocycles. The molecule has 0 fully saturated rings. The highest BCUT2D eigenvalue weighted by atomic mass is 35.5. The first-order valence-electron chi connectivity index (χ1n) is 10.7. The van der Waals surface area contributed by atoms with Crippen molar-refractivity contribution in [3.05, 3.63) is 40.4 Å². The number of nitrogens with one attached hydrogen (secondary N) is 2. The Morgan fingerprint density at radius 3 is 2.56 bits per heavy atom. The molecule has 2 heterocycles. The number of benzene rings is 1. The number of hydrogen-bond acceptors (Lipinski definition) is 6. The van der Waals surface area contributed by atoms with Gasteiger partial charge in [0.15, 0.2) is 0 Å². The van der Waals surface area contributed by atoms with Crippen molar-refractivity contribution < 1.29 is 13.8 Å². The lowest BCUT2D eigenvalue weighted by atomic mass is 10.1. The molecule has 0 radical (unpaired) electrons. The Hall–Kier alpha value is -2.52. The molecule has 0 spiro atoms. The number of carbonyl (C=O) groups excluding carboxylic acids is 2. The first-order chi connectivity index (χ1) is 15.2. The number of anilines is 2. The maximum atomic E-state index is 13.0. The Labute approximate surface area is 193 Å². The molecule has 1 aromatic carbocycles. The molecule has 2 aromatic rings. The molecule has 2 N–H and O–H groups in total. The van der Waals surface area contributed by atoms with Crippen LogP contribution in [0.25, 0.3) is 0 Å². The standard InChI is InChI=1S/C22H28ClN5O3S/c1-4-6-14(3)21(30)25-19-17-12-18(29)28(13-15-7-9-16(23)10-8-15)20(17)27-22(26-19)32(24,31)11-5-2/h7-10,14,24H,4-6,11-13H2,1-3H3,(H,25,26,27,30). The van der Waals surface area contributed by atoms with Crippen molar-refractivity contribution in [3.63, 3.8) is 0 Å². The van der Waals surface area contributed by atoms with Gasteiger partial charge in [0.25, 0.3) is 0 Å². The fourth-order valence-corrected chi connectivity index (χ4v) is 4.93. The second kappa shape index (κ2) is 9.95. The van der Waals surface area contributed by atoms with Gasteiger partial charge >= 0.3 is 0 Å². The fraction of sp³-hybridized carbons (Fsp3) is 0.455. The van der Waals surface area contributed by atoms with Gasteiger partial charge in [-0.3, -0.25) is 14.5 Å². The molecule has 1 aliphatic rings. The molecule has 8 nitrogen and oxygen atoms in total. The number of nitrogens with zero attached hydrogens (tertiary/aromatic N) is 3. The van der Waals surface area contributed by atoms with Crippen molar-refractivity contribution in [2.24, 2.45) is 5.92 Å². The Morgan fingerprint density at radius 2 is 1.94 bits per heavy atom. The van der Waals surface area contributed by atoms with Gasteiger partial charge in [0.2, 0.25) is 17.0 Å². The highest BCUT2D eigenvalue weighted by Crippen LogP contribution is 2.34. The summed E-state index contributed by atoms with van der Waals surface area (Å²) in [6, 6.07) is 7.11. The molecule has 0 aliphatic carbocycles. The average molecular weight is 478 g/mol. The maximum absolute atomic E-state index is 13.0. The van der Waals surface area contributed by atoms with Gasteiger partial charge in [0.1, 0.15) is 21.4 Å². The molecule has 0 bridgehead atoms. The molecule has 3 rings (SSSR count). The van der Waals surface area contributed by atoms with Crippen LogP contribution in [0, 0.1) is 10.7 Å². The van der Waals surface area contributed by atoms with Crippen molar-refractivity contribution in [2.75, 3.05) is 16.0 Å². The minimum Gasteiger partial charge on any atom is -0.310 e. The molecule has 10 heteroatoms. The molecule has 172 valence electrons. The number of halogens is 1. The van der Waals surface area contributed by atoms with E-state index < -0.39 is 9.73 Å². The van der Waals surface area contributed by atoms with E-state index in [1.165, 1.54) is 4.90 Å². The van der Waals surface area contributed by atoms with Gasteiger partial charge in [-0.25, -0.2) is 19.0 Å². The summed E-state index contributed by atoms with van der Waals surface area (Å²) in [5.74, 6) is -0.117. The van der Waals surface area contributed by atoms with E-state index in [9.17, 15) is 13.8 Å². The zero-order valence-electron chi connectivity index (χ0n) is 18.5. The summed E-state index contributed by atoms with van der Waals surface area (Å²) in [5.41, 5.74) is 1.33. The summed E-state index contributed by atoms with van der Waals surface area (Å²) in [5, 5.41) is 3.23. The molecule has 0 saturated carbocycles. The second-order valence-electron chi connectivity index (χ2n) is 8.00. The van der Waals surface area contributed by atoms with Crippen LogP contribution in [0.15, 0.2) is 29.4 Å². The van der Waals surface area contributed by atoms with Crippen molar-refractivity contribution in [3.8, 4) is 0 Å². The SMILES string of the molecule is CCCC(C)C(=O)Nc1nc(S(=N)(=O)CCC)nc2c1CC(=O)N2Cc1ccc(Cl)cc1. The fourth-order valence-electron chi connectivity index (χ4n) is 3.57. The van der Waals surface area contributed by atoms with Gasteiger partial charge in [-0.2, -0.15) is 0 Å². The van der Waals surface area contributed by atoms with Crippen LogP contribution in [0.5, 0.6) is 0 Å². The van der Waals surface area contributed by atoms with Crippen LogP contribution in [0.1, 0.15) is 51.2 Å². The predicted octanol–water partition coefficient (Wildman–Crippen LogP) is 4.41. The number of amides is 2. The van der Waals surface area contributed by atoms with Crippen LogP contribution in [0.2, 0.25) is 5.02 Å². The number of hydrogen-bond donors (Lipinski definition) is 2. The van der Waals surface area contributed by atoms with E-state index in [0.717, 1.165) is 12.0 Å². The number of carbonyl (C=O) groups is 2. The Kier molecular flexibility index (Phi) is 7.51. The maximum Gasteiger partial charge on any atom is 0.233 e. The highest BCUT2D eigenvalue weighted by Gasteiger charge is 2.34. The van der Waals surface area contributed by atoms with Crippen LogP contribution in [0.4, 0.5) is 11.6 Å². The number of rotatable bonds is 9. The zero-order valence-corrected chi connectivity index (χ0v) is 20.1. The lowest BCUT2D eigenvalue weighted by Crippen LogP contribution is -2.27. The zero-order chi connectivity index (χ0) is 23.5. The van der Waals surface area contributed by atoms with Crippen LogP contribution in [0.3, 0.4) is 0 Å². The van der Waals surface area contributed by atoms with Crippen molar-refractivity contribution >= 4 is 44.8 Å². The normalized spacial score (nSPS) is 15.9. The lowest BCUT2D eigenvalue weighted by molar-refractivity contribution is -0.120. The van der Waals surface area contributed by atoms with E-state index in [1.54, 1.807) is 12.1 Å². The summed E-state index contributed by atoms with van der Waals surface area (Å²) in [6.07, 6.45) is 2.10. The van der Waals surface area contributed by atoms with E-state index in [0.29, 0.717) is 29.2 Å². The third-order valence-corrected chi connectivity index (χ3v) is 7.31. The summed E-state index contributed by atoms with van der Waals surface area (Å²) in [4.78, 5) is 35.7. The van der Waals surface area contributed by atoms with Crippen molar-refractivity contribution in [1.29, 1.82) is 4.78 Å². The Morgan fingerprint density at radius 1 is 1.25 bits per heavy atom. The molecular weight excluding hydrogens is 450 g/mol. The van der Waals surface area contributed by atoms with Crippen LogP contribution < -0.4 is 10.2 Å². The van der Waals surface area contributed by atoms with E-state index in [-0.39, 0.29) is 47.4 Å². The minimum absolute atomic E-state index is 0.0218. The van der Waals surface area contributed by atoms with Crippen LogP contribution >= 0.6 is 11.6 Å². The van der Waals surface area contributed by atoms with Gasteiger partial charge in [0, 0.05) is 22.3 Å². The topological polar surface area (TPSA) is 116 Å². The van der Waals surface area contributed by atoms with Crippen LogP contribution in [-0.2, 0) is 32.3 Å².